The fourth-order valence-corrected chi connectivity index (χ4v) is 1.56. The van der Waals surface area contributed by atoms with Crippen molar-refractivity contribution in [1.82, 2.24) is 9.97 Å². The van der Waals surface area contributed by atoms with Crippen molar-refractivity contribution in [1.29, 1.82) is 5.26 Å². The molecule has 0 saturated carbocycles. The van der Waals surface area contributed by atoms with Crippen LogP contribution in [0.5, 0.6) is 0 Å². The molecule has 0 saturated heterocycles. The number of benzene rings is 1. The molecule has 1 heterocycles. The fourth-order valence-electron chi connectivity index (χ4n) is 1.56. The van der Waals surface area contributed by atoms with Gasteiger partial charge in [-0.1, -0.05) is 6.07 Å². The van der Waals surface area contributed by atoms with Crippen LogP contribution in [-0.4, -0.2) is 9.97 Å². The summed E-state index contributed by atoms with van der Waals surface area (Å²) in [5.41, 5.74) is 0.828. The van der Waals surface area contributed by atoms with E-state index < -0.39 is 11.6 Å². The molecule has 0 spiro atoms. The highest BCUT2D eigenvalue weighted by Gasteiger charge is 2.04. The van der Waals surface area contributed by atoms with Crippen LogP contribution in [0.2, 0.25) is 0 Å². The lowest BCUT2D eigenvalue weighted by Crippen LogP contribution is -2.04. The number of aryl methyl sites for hydroxylation is 1. The van der Waals surface area contributed by atoms with Gasteiger partial charge in [0.05, 0.1) is 0 Å². The molecule has 6 heteroatoms. The van der Waals surface area contributed by atoms with Crippen LogP contribution in [0.15, 0.2) is 24.3 Å². The molecule has 1 aromatic carbocycles. The summed E-state index contributed by atoms with van der Waals surface area (Å²) < 4.78 is 25.8. The van der Waals surface area contributed by atoms with Crippen LogP contribution < -0.4 is 5.32 Å². The highest BCUT2D eigenvalue weighted by atomic mass is 19.2. The molecule has 0 aliphatic rings. The molecule has 0 bridgehead atoms. The molecular weight excluding hydrogens is 250 g/mol. The summed E-state index contributed by atoms with van der Waals surface area (Å²) in [4.78, 5) is 8.01. The first-order valence-corrected chi connectivity index (χ1v) is 5.52. The molecule has 0 amide bonds. The number of halogens is 2. The van der Waals surface area contributed by atoms with E-state index in [1.54, 1.807) is 6.92 Å². The third-order valence-corrected chi connectivity index (χ3v) is 2.41. The van der Waals surface area contributed by atoms with Crippen LogP contribution in [0.3, 0.4) is 0 Å². The molecule has 19 heavy (non-hydrogen) atoms. The number of nitrogens with one attached hydrogen (secondary N) is 1. The Morgan fingerprint density at radius 3 is 2.68 bits per heavy atom. The highest BCUT2D eigenvalue weighted by molar-refractivity contribution is 5.40. The van der Waals surface area contributed by atoms with Crippen molar-refractivity contribution in [2.45, 2.75) is 13.5 Å². The van der Waals surface area contributed by atoms with Gasteiger partial charge in [-0.3, -0.25) is 0 Å². The van der Waals surface area contributed by atoms with E-state index in [9.17, 15) is 8.78 Å². The molecule has 0 aliphatic heterocycles. The van der Waals surface area contributed by atoms with E-state index >= 15 is 0 Å². The predicted molar refractivity (Wildman–Crippen MR) is 65.2 cm³/mol. The van der Waals surface area contributed by atoms with Gasteiger partial charge < -0.3 is 5.32 Å². The smallest absolute Gasteiger partial charge is 0.159 e. The summed E-state index contributed by atoms with van der Waals surface area (Å²) in [5, 5.41) is 11.7. The van der Waals surface area contributed by atoms with Crippen LogP contribution in [0.25, 0.3) is 0 Å². The van der Waals surface area contributed by atoms with E-state index in [2.05, 4.69) is 15.3 Å². The van der Waals surface area contributed by atoms with Crippen molar-refractivity contribution in [3.8, 4) is 6.07 Å². The maximum absolute atomic E-state index is 13.0. The third kappa shape index (κ3) is 3.22. The topological polar surface area (TPSA) is 61.6 Å². The number of hydrogen-bond donors (Lipinski definition) is 1. The van der Waals surface area contributed by atoms with Gasteiger partial charge in [-0.05, 0) is 24.6 Å². The minimum atomic E-state index is -0.893. The molecule has 0 aliphatic carbocycles. The van der Waals surface area contributed by atoms with Gasteiger partial charge in [-0.15, -0.1) is 0 Å². The van der Waals surface area contributed by atoms with E-state index in [1.807, 2.05) is 6.07 Å². The fraction of sp³-hybridized carbons (Fsp3) is 0.154. The first-order chi connectivity index (χ1) is 9.08. The molecule has 0 unspecified atom stereocenters. The van der Waals surface area contributed by atoms with Gasteiger partial charge in [0.1, 0.15) is 23.4 Å². The second-order valence-electron chi connectivity index (χ2n) is 3.90. The number of nitrogens with zero attached hydrogens (tertiary/aromatic N) is 3. The zero-order valence-electron chi connectivity index (χ0n) is 10.1. The molecule has 2 rings (SSSR count). The lowest BCUT2D eigenvalue weighted by molar-refractivity contribution is 0.507. The maximum Gasteiger partial charge on any atom is 0.159 e. The summed E-state index contributed by atoms with van der Waals surface area (Å²) in [6.07, 6.45) is 0. The van der Waals surface area contributed by atoms with Crippen LogP contribution in [0, 0.1) is 29.9 Å². The number of aromatic nitrogens is 2. The van der Waals surface area contributed by atoms with Crippen LogP contribution in [-0.2, 0) is 6.54 Å². The van der Waals surface area contributed by atoms with Gasteiger partial charge in [0.2, 0.25) is 0 Å². The third-order valence-electron chi connectivity index (χ3n) is 2.41. The molecule has 0 fully saturated rings. The first-order valence-electron chi connectivity index (χ1n) is 5.52. The standard InChI is InChI=1S/C13H10F2N4/c1-8-18-10(6-16)5-13(19-8)17-7-9-2-3-11(14)12(15)4-9/h2-5H,7H2,1H3,(H,17,18,19). The second-order valence-corrected chi connectivity index (χ2v) is 3.90. The van der Waals surface area contributed by atoms with Crippen LogP contribution in [0.1, 0.15) is 17.1 Å². The lowest BCUT2D eigenvalue weighted by atomic mass is 10.2. The largest absolute Gasteiger partial charge is 0.366 e. The van der Waals surface area contributed by atoms with E-state index in [1.165, 1.54) is 12.1 Å². The SMILES string of the molecule is Cc1nc(C#N)cc(NCc2ccc(F)c(F)c2)n1. The van der Waals surface area contributed by atoms with E-state index in [4.69, 9.17) is 5.26 Å². The van der Waals surface area contributed by atoms with Gasteiger partial charge in [-0.25, -0.2) is 18.7 Å². The summed E-state index contributed by atoms with van der Waals surface area (Å²) in [7, 11) is 0. The number of rotatable bonds is 3. The van der Waals surface area contributed by atoms with Gasteiger partial charge in [0, 0.05) is 12.6 Å². The maximum atomic E-state index is 13.0. The molecule has 1 N–H and O–H groups in total. The van der Waals surface area contributed by atoms with Crippen molar-refractivity contribution in [3.05, 3.63) is 53.0 Å². The molecular formula is C13H10F2N4. The van der Waals surface area contributed by atoms with Crippen molar-refractivity contribution < 1.29 is 8.78 Å². The lowest BCUT2D eigenvalue weighted by Gasteiger charge is -2.07. The Labute approximate surface area is 108 Å². The molecule has 96 valence electrons. The Hall–Kier alpha value is -2.55. The summed E-state index contributed by atoms with van der Waals surface area (Å²) >= 11 is 0. The Morgan fingerprint density at radius 1 is 1.21 bits per heavy atom. The molecule has 0 atom stereocenters. The van der Waals surface area contributed by atoms with Crippen molar-refractivity contribution in [3.63, 3.8) is 0 Å². The normalized spacial score (nSPS) is 10.0. The van der Waals surface area contributed by atoms with Crippen molar-refractivity contribution in [2.24, 2.45) is 0 Å². The molecule has 1 aromatic heterocycles. The minimum absolute atomic E-state index is 0.250. The molecule has 4 nitrogen and oxygen atoms in total. The first kappa shape index (κ1) is 12.9. The quantitative estimate of drug-likeness (QED) is 0.921. The van der Waals surface area contributed by atoms with Gasteiger partial charge in [-0.2, -0.15) is 5.26 Å². The van der Waals surface area contributed by atoms with E-state index in [0.29, 0.717) is 17.2 Å². The summed E-state index contributed by atoms with van der Waals surface area (Å²) in [6, 6.07) is 7.07. The van der Waals surface area contributed by atoms with Gasteiger partial charge in [0.25, 0.3) is 0 Å². The minimum Gasteiger partial charge on any atom is -0.366 e. The van der Waals surface area contributed by atoms with Gasteiger partial charge >= 0.3 is 0 Å². The van der Waals surface area contributed by atoms with E-state index in [-0.39, 0.29) is 12.2 Å². The monoisotopic (exact) mass is 260 g/mol. The summed E-state index contributed by atoms with van der Waals surface area (Å²) in [5.74, 6) is -0.843. The second kappa shape index (κ2) is 5.40. The summed E-state index contributed by atoms with van der Waals surface area (Å²) in [6.45, 7) is 1.95. The van der Waals surface area contributed by atoms with Crippen LogP contribution >= 0.6 is 0 Å². The number of nitriles is 1. The van der Waals surface area contributed by atoms with Crippen LogP contribution in [0.4, 0.5) is 14.6 Å². The van der Waals surface area contributed by atoms with Gasteiger partial charge in [0.15, 0.2) is 11.6 Å². The Kier molecular flexibility index (Phi) is 3.66. The number of anilines is 1. The average Bonchev–Trinajstić information content (AvgIpc) is 2.39. The Balaban J connectivity index is 2.12. The van der Waals surface area contributed by atoms with E-state index in [0.717, 1.165) is 12.1 Å². The van der Waals surface area contributed by atoms with Crippen molar-refractivity contribution >= 4 is 5.82 Å². The molecule has 0 radical (unpaired) electrons. The van der Waals surface area contributed by atoms with Crippen molar-refractivity contribution in [2.75, 3.05) is 5.32 Å². The average molecular weight is 260 g/mol. The highest BCUT2D eigenvalue weighted by Crippen LogP contribution is 2.11. The predicted octanol–water partition coefficient (Wildman–Crippen LogP) is 2.55. The Bertz CT molecular complexity index is 650. The number of hydrogen-bond acceptors (Lipinski definition) is 4. The Morgan fingerprint density at radius 2 is 2.00 bits per heavy atom. The molecule has 2 aromatic rings. The zero-order chi connectivity index (χ0) is 13.8. The zero-order valence-corrected chi connectivity index (χ0v) is 10.1.